The van der Waals surface area contributed by atoms with Crippen LogP contribution < -0.4 is 14.8 Å². The number of amides is 1. The molecular formula is C23H18Cl2N4O6S2. The molecule has 1 heterocycles. The van der Waals surface area contributed by atoms with Crippen LogP contribution in [0.3, 0.4) is 0 Å². The van der Waals surface area contributed by atoms with E-state index in [0.29, 0.717) is 10.8 Å². The maximum absolute atomic E-state index is 13.0. The highest BCUT2D eigenvalue weighted by Gasteiger charge is 2.20. The molecule has 1 amide bonds. The molecule has 0 aliphatic carbocycles. The van der Waals surface area contributed by atoms with Gasteiger partial charge in [0.2, 0.25) is 0 Å². The summed E-state index contributed by atoms with van der Waals surface area (Å²) in [5.74, 6) is -0.209. The van der Waals surface area contributed by atoms with Crippen LogP contribution in [0.15, 0.2) is 87.1 Å². The van der Waals surface area contributed by atoms with Crippen LogP contribution in [-0.4, -0.2) is 27.9 Å². The predicted molar refractivity (Wildman–Crippen MR) is 140 cm³/mol. The first-order chi connectivity index (χ1) is 17.4. The second-order valence-corrected chi connectivity index (χ2v) is 11.9. The van der Waals surface area contributed by atoms with E-state index in [1.165, 1.54) is 72.8 Å². The molecule has 0 fully saturated rings. The van der Waals surface area contributed by atoms with Gasteiger partial charge >= 0.3 is 0 Å². The molecule has 10 nitrogen and oxygen atoms in total. The van der Waals surface area contributed by atoms with Crippen LogP contribution >= 0.6 is 23.2 Å². The Hall–Kier alpha value is -3.58. The van der Waals surface area contributed by atoms with Crippen molar-refractivity contribution in [2.24, 2.45) is 0 Å². The lowest BCUT2D eigenvalue weighted by Crippen LogP contribution is -2.19. The molecule has 0 atom stereocenters. The molecule has 0 spiro atoms. The molecule has 0 aliphatic heterocycles. The van der Waals surface area contributed by atoms with Crippen molar-refractivity contribution < 1.29 is 26.2 Å². The first-order valence-electron chi connectivity index (χ1n) is 10.4. The van der Waals surface area contributed by atoms with Crippen LogP contribution in [0.5, 0.6) is 0 Å². The summed E-state index contributed by atoms with van der Waals surface area (Å²) < 4.78 is 60.2. The van der Waals surface area contributed by atoms with Gasteiger partial charge in [0.15, 0.2) is 5.82 Å². The van der Waals surface area contributed by atoms with Crippen molar-refractivity contribution in [3.63, 3.8) is 0 Å². The van der Waals surface area contributed by atoms with Gasteiger partial charge in [-0.3, -0.25) is 14.2 Å². The van der Waals surface area contributed by atoms with Crippen molar-refractivity contribution in [1.29, 1.82) is 0 Å². The van der Waals surface area contributed by atoms with Crippen molar-refractivity contribution in [2.45, 2.75) is 16.7 Å². The van der Waals surface area contributed by atoms with Gasteiger partial charge < -0.3 is 9.84 Å². The molecule has 4 rings (SSSR count). The Morgan fingerprint density at radius 1 is 0.784 bits per heavy atom. The lowest BCUT2D eigenvalue weighted by atomic mass is 10.1. The van der Waals surface area contributed by atoms with Crippen molar-refractivity contribution in [1.82, 2.24) is 5.16 Å². The summed E-state index contributed by atoms with van der Waals surface area (Å²) in [5, 5.41) is 6.76. The molecule has 0 aliphatic rings. The van der Waals surface area contributed by atoms with Gasteiger partial charge in [-0.2, -0.15) is 0 Å². The Balaban J connectivity index is 1.53. The SMILES string of the molecule is Cc1cc(NS(=O)(=O)c2ccc(NC(=O)c3cc(Cl)ccc3NS(=O)(=O)c3ccc(Cl)cc3)cc2)no1. The number of aryl methyl sites for hydroxylation is 1. The van der Waals surface area contributed by atoms with E-state index in [9.17, 15) is 21.6 Å². The molecule has 0 saturated heterocycles. The number of anilines is 3. The summed E-state index contributed by atoms with van der Waals surface area (Å²) in [7, 11) is -7.98. The van der Waals surface area contributed by atoms with E-state index < -0.39 is 26.0 Å². The molecule has 1 aromatic heterocycles. The standard InChI is InChI=1S/C23H18Cl2N4O6S2/c1-14-12-22(27-35-14)29-37(33,34)19-9-5-17(6-10-19)26-23(30)20-13-16(25)4-11-21(20)28-36(31,32)18-7-2-15(24)3-8-18/h2-13,28H,1H3,(H,26,30)(H,27,29). The topological polar surface area (TPSA) is 147 Å². The third kappa shape index (κ3) is 6.41. The fourth-order valence-corrected chi connectivity index (χ4v) is 5.50. The summed E-state index contributed by atoms with van der Waals surface area (Å²) in [6.07, 6.45) is 0. The van der Waals surface area contributed by atoms with Crippen LogP contribution in [0.25, 0.3) is 0 Å². The van der Waals surface area contributed by atoms with E-state index in [0.717, 1.165) is 0 Å². The second kappa shape index (κ2) is 10.4. The molecule has 0 radical (unpaired) electrons. The van der Waals surface area contributed by atoms with Gasteiger partial charge in [0.05, 0.1) is 21.0 Å². The van der Waals surface area contributed by atoms with Gasteiger partial charge in [0.25, 0.3) is 26.0 Å². The summed E-state index contributed by atoms with van der Waals surface area (Å²) in [6.45, 7) is 1.62. The number of hydrogen-bond acceptors (Lipinski definition) is 7. The highest BCUT2D eigenvalue weighted by molar-refractivity contribution is 7.93. The van der Waals surface area contributed by atoms with Crippen LogP contribution in [0.1, 0.15) is 16.1 Å². The van der Waals surface area contributed by atoms with Gasteiger partial charge in [0.1, 0.15) is 5.76 Å². The lowest BCUT2D eigenvalue weighted by Gasteiger charge is -2.14. The van der Waals surface area contributed by atoms with E-state index >= 15 is 0 Å². The number of benzene rings is 3. The smallest absolute Gasteiger partial charge is 0.263 e. The molecule has 0 unspecified atom stereocenters. The number of aromatic nitrogens is 1. The highest BCUT2D eigenvalue weighted by atomic mass is 35.5. The Bertz CT molecular complexity index is 1670. The fourth-order valence-electron chi connectivity index (χ4n) is 3.14. The van der Waals surface area contributed by atoms with Crippen LogP contribution in [0.2, 0.25) is 10.0 Å². The molecular weight excluding hydrogens is 563 g/mol. The quantitative estimate of drug-likeness (QED) is 0.261. The minimum atomic E-state index is -4.04. The Morgan fingerprint density at radius 2 is 1.35 bits per heavy atom. The molecule has 192 valence electrons. The number of nitrogens with zero attached hydrogens (tertiary/aromatic N) is 1. The predicted octanol–water partition coefficient (Wildman–Crippen LogP) is 5.14. The van der Waals surface area contributed by atoms with Crippen LogP contribution in [0.4, 0.5) is 17.2 Å². The summed E-state index contributed by atoms with van der Waals surface area (Å²) >= 11 is 11.9. The maximum atomic E-state index is 13.0. The number of hydrogen-bond donors (Lipinski definition) is 3. The third-order valence-electron chi connectivity index (χ3n) is 4.88. The fraction of sp³-hybridized carbons (Fsp3) is 0.0435. The van der Waals surface area contributed by atoms with Crippen LogP contribution in [0, 0.1) is 6.92 Å². The number of halogens is 2. The zero-order valence-electron chi connectivity index (χ0n) is 18.9. The Kier molecular flexibility index (Phi) is 7.46. The Labute approximate surface area is 222 Å². The monoisotopic (exact) mass is 580 g/mol. The van der Waals surface area contributed by atoms with Gasteiger partial charge in [-0.05, 0) is 73.7 Å². The molecule has 0 bridgehead atoms. The summed E-state index contributed by atoms with van der Waals surface area (Å²) in [5.41, 5.74) is 0.195. The van der Waals surface area contributed by atoms with E-state index in [2.05, 4.69) is 19.9 Å². The van der Waals surface area contributed by atoms with Crippen molar-refractivity contribution in [3.05, 3.63) is 94.2 Å². The Morgan fingerprint density at radius 3 is 1.95 bits per heavy atom. The lowest BCUT2D eigenvalue weighted by molar-refractivity contribution is 0.102. The van der Waals surface area contributed by atoms with E-state index in [4.69, 9.17) is 27.7 Å². The number of rotatable bonds is 8. The molecule has 14 heteroatoms. The minimum Gasteiger partial charge on any atom is -0.360 e. The van der Waals surface area contributed by atoms with Gasteiger partial charge in [-0.1, -0.05) is 28.4 Å². The zero-order chi connectivity index (χ0) is 26.8. The largest absolute Gasteiger partial charge is 0.360 e. The van der Waals surface area contributed by atoms with E-state index in [-0.39, 0.29) is 37.6 Å². The number of nitrogens with one attached hydrogen (secondary N) is 3. The third-order valence-corrected chi connectivity index (χ3v) is 8.12. The number of carbonyl (C=O) groups is 1. The van der Waals surface area contributed by atoms with Gasteiger partial charge in [0, 0.05) is 21.8 Å². The highest BCUT2D eigenvalue weighted by Crippen LogP contribution is 2.26. The van der Waals surface area contributed by atoms with E-state index in [1.54, 1.807) is 6.92 Å². The molecule has 37 heavy (non-hydrogen) atoms. The van der Waals surface area contributed by atoms with Gasteiger partial charge in [-0.25, -0.2) is 16.8 Å². The maximum Gasteiger partial charge on any atom is 0.263 e. The molecule has 0 saturated carbocycles. The molecule has 4 aromatic rings. The number of sulfonamides is 2. The van der Waals surface area contributed by atoms with Crippen molar-refractivity contribution in [2.75, 3.05) is 14.8 Å². The summed E-state index contributed by atoms with van der Waals surface area (Å²) in [4.78, 5) is 12.9. The normalized spacial score (nSPS) is 11.6. The first-order valence-corrected chi connectivity index (χ1v) is 14.1. The molecule has 3 aromatic carbocycles. The second-order valence-electron chi connectivity index (χ2n) is 7.66. The minimum absolute atomic E-state index is 0.0110. The van der Waals surface area contributed by atoms with Gasteiger partial charge in [-0.15, -0.1) is 0 Å². The van der Waals surface area contributed by atoms with Crippen LogP contribution in [-0.2, 0) is 20.0 Å². The first kappa shape index (κ1) is 26.5. The average Bonchev–Trinajstić information content (AvgIpc) is 3.24. The van der Waals surface area contributed by atoms with E-state index in [1.807, 2.05) is 0 Å². The number of carbonyl (C=O) groups excluding carboxylic acids is 1. The van der Waals surface area contributed by atoms with Crippen molar-refractivity contribution >= 4 is 66.3 Å². The summed E-state index contributed by atoms with van der Waals surface area (Å²) in [6, 6.07) is 16.4. The zero-order valence-corrected chi connectivity index (χ0v) is 22.0. The molecule has 3 N–H and O–H groups in total. The average molecular weight is 581 g/mol. The van der Waals surface area contributed by atoms with Crippen molar-refractivity contribution in [3.8, 4) is 0 Å².